The van der Waals surface area contributed by atoms with Crippen LogP contribution in [-0.2, 0) is 33.4 Å². The summed E-state index contributed by atoms with van der Waals surface area (Å²) in [4.78, 5) is 41.2. The number of nitrogens with two attached hydrogens (primary N) is 3. The number of ether oxygens (including phenoxy) is 3. The highest BCUT2D eigenvalue weighted by Crippen LogP contribution is 2.22. The molecule has 10 nitrogen and oxygen atoms in total. The number of carbonyl (C=O) groups is 3. The Balaban J connectivity index is 3.87. The van der Waals surface area contributed by atoms with Gasteiger partial charge in [0.1, 0.15) is 5.60 Å². The maximum atomic E-state index is 12.6. The molecule has 0 aromatic carbocycles. The molecule has 0 bridgehead atoms. The van der Waals surface area contributed by atoms with E-state index in [1.54, 1.807) is 27.7 Å². The summed E-state index contributed by atoms with van der Waals surface area (Å²) < 4.78 is 15.1. The standard InChI is InChI=1S/C28H55N3O7/c1-6-36-23(32)27(29,24(33)37-26(2,3)4)21-19-17-15-13-11-9-7-8-10-12-14-16-18-20-22-28(30,38-31)25(34)35-5/h6-22,29-31H2,1-5H3. The van der Waals surface area contributed by atoms with Crippen LogP contribution >= 0.6 is 0 Å². The van der Waals surface area contributed by atoms with Gasteiger partial charge in [-0.05, 0) is 40.5 Å². The van der Waals surface area contributed by atoms with Gasteiger partial charge in [-0.1, -0.05) is 83.5 Å². The molecule has 0 aromatic heterocycles. The normalized spacial score (nSPS) is 14.8. The Kier molecular flexibility index (Phi) is 18.4. The fraction of sp³-hybridized carbons (Fsp3) is 0.893. The summed E-state index contributed by atoms with van der Waals surface area (Å²) in [6.07, 6.45) is 15.6. The predicted octanol–water partition coefficient (Wildman–Crippen LogP) is 4.55. The Morgan fingerprint density at radius 1 is 0.632 bits per heavy atom. The van der Waals surface area contributed by atoms with Gasteiger partial charge in [-0.3, -0.25) is 10.6 Å². The van der Waals surface area contributed by atoms with Crippen LogP contribution in [0.15, 0.2) is 0 Å². The minimum absolute atomic E-state index is 0.166. The minimum Gasteiger partial charge on any atom is -0.466 e. The summed E-state index contributed by atoms with van der Waals surface area (Å²) in [5, 5.41) is 0. The molecular weight excluding hydrogens is 490 g/mol. The van der Waals surface area contributed by atoms with Crippen LogP contribution in [0, 0.1) is 0 Å². The second-order valence-corrected chi connectivity index (χ2v) is 11.1. The van der Waals surface area contributed by atoms with E-state index in [-0.39, 0.29) is 13.0 Å². The maximum Gasteiger partial charge on any atom is 0.355 e. The monoisotopic (exact) mass is 545 g/mol. The summed E-state index contributed by atoms with van der Waals surface area (Å²) in [5.41, 5.74) is 7.98. The van der Waals surface area contributed by atoms with E-state index in [1.165, 1.54) is 45.6 Å². The van der Waals surface area contributed by atoms with Gasteiger partial charge in [-0.15, -0.1) is 0 Å². The summed E-state index contributed by atoms with van der Waals surface area (Å²) in [7, 11) is 1.26. The van der Waals surface area contributed by atoms with E-state index >= 15 is 0 Å². The predicted molar refractivity (Wildman–Crippen MR) is 147 cm³/mol. The van der Waals surface area contributed by atoms with Crippen molar-refractivity contribution in [2.45, 2.75) is 147 Å². The zero-order valence-electron chi connectivity index (χ0n) is 24.6. The number of unbranched alkanes of at least 4 members (excludes halogenated alkanes) is 13. The van der Waals surface area contributed by atoms with Crippen LogP contribution in [-0.4, -0.2) is 48.5 Å². The van der Waals surface area contributed by atoms with E-state index in [2.05, 4.69) is 9.57 Å². The zero-order chi connectivity index (χ0) is 29.1. The second kappa shape index (κ2) is 19.3. The molecule has 0 radical (unpaired) electrons. The molecule has 224 valence electrons. The Morgan fingerprint density at radius 2 is 1.03 bits per heavy atom. The average Bonchev–Trinajstić information content (AvgIpc) is 2.86. The van der Waals surface area contributed by atoms with Crippen LogP contribution in [0.4, 0.5) is 0 Å². The Morgan fingerprint density at radius 3 is 1.37 bits per heavy atom. The van der Waals surface area contributed by atoms with Crippen molar-refractivity contribution in [2.24, 2.45) is 17.4 Å². The van der Waals surface area contributed by atoms with E-state index in [0.717, 1.165) is 44.9 Å². The highest BCUT2D eigenvalue weighted by atomic mass is 16.7. The minimum atomic E-state index is -1.75. The molecule has 0 fully saturated rings. The molecule has 0 rings (SSSR count). The van der Waals surface area contributed by atoms with Crippen molar-refractivity contribution in [3.05, 3.63) is 0 Å². The summed E-state index contributed by atoms with van der Waals surface area (Å²) >= 11 is 0. The fourth-order valence-electron chi connectivity index (χ4n) is 4.21. The Labute approximate surface area is 230 Å². The molecule has 0 heterocycles. The second-order valence-electron chi connectivity index (χ2n) is 11.1. The number of methoxy groups -OCH3 is 1. The third kappa shape index (κ3) is 15.0. The molecule has 2 unspecified atom stereocenters. The molecule has 0 saturated carbocycles. The number of esters is 3. The van der Waals surface area contributed by atoms with Gasteiger partial charge in [-0.2, -0.15) is 0 Å². The van der Waals surface area contributed by atoms with Gasteiger partial charge >= 0.3 is 17.9 Å². The van der Waals surface area contributed by atoms with Crippen molar-refractivity contribution in [3.63, 3.8) is 0 Å². The van der Waals surface area contributed by atoms with Crippen molar-refractivity contribution in [1.82, 2.24) is 0 Å². The molecule has 0 aliphatic heterocycles. The van der Waals surface area contributed by atoms with Gasteiger partial charge in [0.2, 0.25) is 11.3 Å². The van der Waals surface area contributed by atoms with Gasteiger partial charge in [0.05, 0.1) is 13.7 Å². The van der Waals surface area contributed by atoms with Gasteiger partial charge in [0.15, 0.2) is 0 Å². The van der Waals surface area contributed by atoms with Crippen molar-refractivity contribution in [3.8, 4) is 0 Å². The Hall–Kier alpha value is -1.75. The van der Waals surface area contributed by atoms with Crippen molar-refractivity contribution in [2.75, 3.05) is 13.7 Å². The highest BCUT2D eigenvalue weighted by Gasteiger charge is 2.46. The van der Waals surface area contributed by atoms with Crippen LogP contribution in [0.5, 0.6) is 0 Å². The largest absolute Gasteiger partial charge is 0.466 e. The summed E-state index contributed by atoms with van der Waals surface area (Å²) in [6.45, 7) is 7.10. The van der Waals surface area contributed by atoms with Crippen LogP contribution in [0.25, 0.3) is 0 Å². The number of hydrogen-bond acceptors (Lipinski definition) is 10. The van der Waals surface area contributed by atoms with Gasteiger partial charge < -0.3 is 19.9 Å². The number of hydrogen-bond donors (Lipinski definition) is 3. The van der Waals surface area contributed by atoms with Crippen molar-refractivity contribution in [1.29, 1.82) is 0 Å². The molecule has 0 aromatic rings. The molecule has 6 N–H and O–H groups in total. The van der Waals surface area contributed by atoms with Crippen molar-refractivity contribution < 1.29 is 33.4 Å². The lowest BCUT2D eigenvalue weighted by molar-refractivity contribution is -0.172. The molecule has 0 aliphatic rings. The SMILES string of the molecule is CCOC(=O)C(N)(CCCCCCCCCCCCCCCCC(N)(ON)C(=O)OC)C(=O)OC(C)(C)C. The zero-order valence-corrected chi connectivity index (χ0v) is 24.6. The van der Waals surface area contributed by atoms with E-state index in [1.807, 2.05) is 0 Å². The lowest BCUT2D eigenvalue weighted by Crippen LogP contribution is -2.57. The quantitative estimate of drug-likeness (QED) is 0.0438. The molecule has 0 spiro atoms. The summed E-state index contributed by atoms with van der Waals surface area (Å²) in [6, 6.07) is 0. The van der Waals surface area contributed by atoms with Crippen LogP contribution in [0.1, 0.15) is 130 Å². The first-order valence-electron chi connectivity index (χ1n) is 14.3. The molecule has 0 amide bonds. The van der Waals surface area contributed by atoms with Crippen LogP contribution in [0.2, 0.25) is 0 Å². The molecular formula is C28H55N3O7. The van der Waals surface area contributed by atoms with E-state index in [0.29, 0.717) is 12.8 Å². The average molecular weight is 546 g/mol. The van der Waals surface area contributed by atoms with Crippen molar-refractivity contribution >= 4 is 17.9 Å². The molecule has 10 heteroatoms. The molecule has 0 saturated heterocycles. The third-order valence-electron chi connectivity index (χ3n) is 6.51. The molecule has 0 aliphatic carbocycles. The van der Waals surface area contributed by atoms with E-state index in [9.17, 15) is 14.4 Å². The van der Waals surface area contributed by atoms with Gasteiger partial charge in [-0.25, -0.2) is 20.3 Å². The van der Waals surface area contributed by atoms with E-state index < -0.39 is 34.8 Å². The third-order valence-corrected chi connectivity index (χ3v) is 6.51. The number of rotatable bonds is 22. The molecule has 2 atom stereocenters. The Bertz CT molecular complexity index is 684. The summed E-state index contributed by atoms with van der Waals surface area (Å²) in [5.74, 6) is 3.06. The van der Waals surface area contributed by atoms with Gasteiger partial charge in [0.25, 0.3) is 0 Å². The maximum absolute atomic E-state index is 12.6. The highest BCUT2D eigenvalue weighted by molar-refractivity contribution is 6.04. The van der Waals surface area contributed by atoms with E-state index in [4.69, 9.17) is 26.8 Å². The lowest BCUT2D eigenvalue weighted by atomic mass is 9.92. The first-order valence-corrected chi connectivity index (χ1v) is 14.3. The van der Waals surface area contributed by atoms with Gasteiger partial charge in [0, 0.05) is 6.42 Å². The topological polar surface area (TPSA) is 166 Å². The first kappa shape index (κ1) is 36.2. The van der Waals surface area contributed by atoms with Crippen LogP contribution < -0.4 is 17.4 Å². The smallest absolute Gasteiger partial charge is 0.355 e. The molecule has 38 heavy (non-hydrogen) atoms. The lowest BCUT2D eigenvalue weighted by Gasteiger charge is -2.29. The van der Waals surface area contributed by atoms with Crippen LogP contribution in [0.3, 0.4) is 0 Å². The fourth-order valence-corrected chi connectivity index (χ4v) is 4.21. The number of carbonyl (C=O) groups excluding carboxylic acids is 3. The first-order chi connectivity index (χ1) is 17.9.